The van der Waals surface area contributed by atoms with Crippen LogP contribution in [0.1, 0.15) is 30.0 Å². The Morgan fingerprint density at radius 2 is 1.88 bits per heavy atom. The predicted molar refractivity (Wildman–Crippen MR) is 94.4 cm³/mol. The second-order valence-electron chi connectivity index (χ2n) is 5.72. The molecule has 0 bridgehead atoms. The third kappa shape index (κ3) is 5.31. The first-order valence-electron chi connectivity index (χ1n) is 7.94. The number of amides is 1. The van der Waals surface area contributed by atoms with Crippen LogP contribution in [0, 0.1) is 19.7 Å². The van der Waals surface area contributed by atoms with Crippen molar-refractivity contribution in [3.63, 3.8) is 0 Å². The van der Waals surface area contributed by atoms with Gasteiger partial charge in [0.2, 0.25) is 0 Å². The molecule has 132 valence electrons. The average molecular weight is 344 g/mol. The van der Waals surface area contributed by atoms with Gasteiger partial charge in [0.25, 0.3) is 5.91 Å². The molecule has 2 aromatic carbocycles. The van der Waals surface area contributed by atoms with Crippen LogP contribution >= 0.6 is 0 Å². The Morgan fingerprint density at radius 3 is 2.52 bits per heavy atom. The molecule has 0 aliphatic rings. The maximum Gasteiger partial charge on any atom is 0.277 e. The second-order valence-corrected chi connectivity index (χ2v) is 5.72. The third-order valence-electron chi connectivity index (χ3n) is 3.49. The van der Waals surface area contributed by atoms with E-state index in [1.54, 1.807) is 6.92 Å². The third-order valence-corrected chi connectivity index (χ3v) is 3.49. The molecule has 0 unspecified atom stereocenters. The number of carbonyl (C=O) groups is 1. The number of nitrogens with one attached hydrogen (secondary N) is 1. The summed E-state index contributed by atoms with van der Waals surface area (Å²) in [5.41, 5.74) is 5.08. The van der Waals surface area contributed by atoms with Crippen molar-refractivity contribution in [3.8, 4) is 11.5 Å². The van der Waals surface area contributed by atoms with E-state index in [4.69, 9.17) is 4.74 Å². The molecule has 0 saturated carbocycles. The molecule has 0 fully saturated rings. The maximum absolute atomic E-state index is 13.3. The minimum Gasteiger partial charge on any atom is -0.507 e. The molecule has 2 rings (SSSR count). The van der Waals surface area contributed by atoms with Crippen LogP contribution in [-0.2, 0) is 4.79 Å². The Hall–Kier alpha value is -2.89. The quantitative estimate of drug-likeness (QED) is 0.623. The van der Waals surface area contributed by atoms with Crippen LogP contribution in [0.25, 0.3) is 0 Å². The fourth-order valence-electron chi connectivity index (χ4n) is 2.40. The fourth-order valence-corrected chi connectivity index (χ4v) is 2.40. The number of benzene rings is 2. The summed E-state index contributed by atoms with van der Waals surface area (Å²) in [6.45, 7) is 5.49. The maximum atomic E-state index is 13.3. The minimum atomic E-state index is -0.488. The van der Waals surface area contributed by atoms with E-state index in [1.165, 1.54) is 12.1 Å². The Kier molecular flexibility index (Phi) is 6.11. The molecule has 0 radical (unpaired) electrons. The lowest BCUT2D eigenvalue weighted by Crippen LogP contribution is -2.26. The van der Waals surface area contributed by atoms with Gasteiger partial charge >= 0.3 is 0 Å². The summed E-state index contributed by atoms with van der Waals surface area (Å²) in [6, 6.07) is 9.27. The van der Waals surface area contributed by atoms with Crippen LogP contribution in [0.3, 0.4) is 0 Å². The summed E-state index contributed by atoms with van der Waals surface area (Å²) >= 11 is 0. The molecule has 0 aromatic heterocycles. The topological polar surface area (TPSA) is 70.9 Å². The van der Waals surface area contributed by atoms with Gasteiger partial charge in [-0.25, -0.2) is 9.82 Å². The van der Waals surface area contributed by atoms with Gasteiger partial charge in [0, 0.05) is 5.56 Å². The van der Waals surface area contributed by atoms with Gasteiger partial charge in [-0.05, 0) is 61.7 Å². The lowest BCUT2D eigenvalue weighted by molar-refractivity contribution is -0.123. The second kappa shape index (κ2) is 8.28. The minimum absolute atomic E-state index is 0.0947. The van der Waals surface area contributed by atoms with Gasteiger partial charge in [-0.2, -0.15) is 5.10 Å². The zero-order valence-corrected chi connectivity index (χ0v) is 14.5. The van der Waals surface area contributed by atoms with Crippen LogP contribution in [0.2, 0.25) is 0 Å². The summed E-state index contributed by atoms with van der Waals surface area (Å²) in [4.78, 5) is 11.9. The number of hydrogen-bond donors (Lipinski definition) is 2. The Labute approximate surface area is 146 Å². The van der Waals surface area contributed by atoms with Gasteiger partial charge in [-0.3, -0.25) is 4.79 Å². The van der Waals surface area contributed by atoms with Crippen molar-refractivity contribution in [2.45, 2.75) is 27.2 Å². The first kappa shape index (κ1) is 18.4. The predicted octanol–water partition coefficient (Wildman–Crippen LogP) is 3.46. The van der Waals surface area contributed by atoms with Crippen molar-refractivity contribution in [1.29, 1.82) is 0 Å². The largest absolute Gasteiger partial charge is 0.507 e. The highest BCUT2D eigenvalue weighted by Gasteiger charge is 2.10. The van der Waals surface area contributed by atoms with E-state index in [1.807, 2.05) is 32.0 Å². The molecule has 1 amide bonds. The molecule has 2 aromatic rings. The van der Waals surface area contributed by atoms with Crippen molar-refractivity contribution >= 4 is 11.6 Å². The molecule has 0 aliphatic heterocycles. The SMILES string of the molecule is CC/C(=N\NC(=O)COc1cc(C)cc(C)c1)c1cc(F)ccc1O. The van der Waals surface area contributed by atoms with E-state index < -0.39 is 11.7 Å². The average Bonchev–Trinajstić information content (AvgIpc) is 2.55. The van der Waals surface area contributed by atoms with E-state index in [9.17, 15) is 14.3 Å². The molecule has 0 spiro atoms. The van der Waals surface area contributed by atoms with E-state index >= 15 is 0 Å². The van der Waals surface area contributed by atoms with Crippen LogP contribution in [-0.4, -0.2) is 23.3 Å². The van der Waals surface area contributed by atoms with Gasteiger partial charge < -0.3 is 9.84 Å². The first-order chi connectivity index (χ1) is 11.9. The van der Waals surface area contributed by atoms with Crippen LogP contribution in [0.15, 0.2) is 41.5 Å². The molecule has 0 heterocycles. The summed E-state index contributed by atoms with van der Waals surface area (Å²) in [5, 5.41) is 13.8. The van der Waals surface area contributed by atoms with Crippen LogP contribution in [0.5, 0.6) is 11.5 Å². The van der Waals surface area contributed by atoms with Crippen molar-refractivity contribution in [1.82, 2.24) is 5.43 Å². The van der Waals surface area contributed by atoms with Gasteiger partial charge in [0.15, 0.2) is 6.61 Å². The number of hydrogen-bond acceptors (Lipinski definition) is 4. The van der Waals surface area contributed by atoms with E-state index in [0.29, 0.717) is 17.9 Å². The molecule has 25 heavy (non-hydrogen) atoms. The Balaban J connectivity index is 2.01. The number of carbonyl (C=O) groups excluding carboxylic acids is 1. The fraction of sp³-hybridized carbons (Fsp3) is 0.263. The van der Waals surface area contributed by atoms with Crippen molar-refractivity contribution in [3.05, 3.63) is 58.9 Å². The molecule has 2 N–H and O–H groups in total. The van der Waals surface area contributed by atoms with E-state index in [-0.39, 0.29) is 17.9 Å². The van der Waals surface area contributed by atoms with Gasteiger partial charge in [-0.15, -0.1) is 0 Å². The Morgan fingerprint density at radius 1 is 1.20 bits per heavy atom. The van der Waals surface area contributed by atoms with Gasteiger partial charge in [0.05, 0.1) is 5.71 Å². The molecule has 6 heteroatoms. The number of rotatable bonds is 6. The number of phenolic OH excluding ortho intramolecular Hbond substituents is 1. The number of aromatic hydroxyl groups is 1. The number of phenols is 1. The summed E-state index contributed by atoms with van der Waals surface area (Å²) in [6.07, 6.45) is 0.412. The lowest BCUT2D eigenvalue weighted by atomic mass is 10.1. The lowest BCUT2D eigenvalue weighted by Gasteiger charge is -2.09. The highest BCUT2D eigenvalue weighted by Crippen LogP contribution is 2.20. The first-order valence-corrected chi connectivity index (χ1v) is 7.94. The molecule has 5 nitrogen and oxygen atoms in total. The van der Waals surface area contributed by atoms with E-state index in [2.05, 4.69) is 10.5 Å². The normalized spacial score (nSPS) is 11.3. The highest BCUT2D eigenvalue weighted by atomic mass is 19.1. The number of aryl methyl sites for hydroxylation is 2. The summed E-state index contributed by atoms with van der Waals surface area (Å²) in [5.74, 6) is -0.419. The zero-order valence-electron chi connectivity index (χ0n) is 14.5. The van der Waals surface area contributed by atoms with E-state index in [0.717, 1.165) is 17.2 Å². The van der Waals surface area contributed by atoms with Crippen molar-refractivity contribution < 1.29 is 19.0 Å². The van der Waals surface area contributed by atoms with Crippen molar-refractivity contribution in [2.75, 3.05) is 6.61 Å². The molecular formula is C19H21FN2O3. The van der Waals surface area contributed by atoms with Gasteiger partial charge in [-0.1, -0.05) is 13.0 Å². The van der Waals surface area contributed by atoms with Crippen LogP contribution in [0.4, 0.5) is 4.39 Å². The summed E-state index contributed by atoms with van der Waals surface area (Å²) in [7, 11) is 0. The van der Waals surface area contributed by atoms with Gasteiger partial charge in [0.1, 0.15) is 17.3 Å². The summed E-state index contributed by atoms with van der Waals surface area (Å²) < 4.78 is 18.8. The zero-order chi connectivity index (χ0) is 18.4. The molecule has 0 atom stereocenters. The monoisotopic (exact) mass is 344 g/mol. The van der Waals surface area contributed by atoms with Crippen LogP contribution < -0.4 is 10.2 Å². The van der Waals surface area contributed by atoms with Crippen molar-refractivity contribution in [2.24, 2.45) is 5.10 Å². The number of halogens is 1. The molecule has 0 saturated heterocycles. The Bertz CT molecular complexity index is 783. The molecular weight excluding hydrogens is 323 g/mol. The standard InChI is InChI=1S/C19H21FN2O3/c1-4-17(16-10-14(20)5-6-18(16)23)21-22-19(24)11-25-15-8-12(2)7-13(3)9-15/h5-10,23H,4,11H2,1-3H3,(H,22,24)/b21-17+. The number of ether oxygens (including phenoxy) is 1. The molecule has 0 aliphatic carbocycles. The number of hydrazone groups is 1. The highest BCUT2D eigenvalue weighted by molar-refractivity contribution is 6.03. The number of nitrogens with zero attached hydrogens (tertiary/aromatic N) is 1. The smallest absolute Gasteiger partial charge is 0.277 e.